The van der Waals surface area contributed by atoms with Gasteiger partial charge in [-0.15, -0.1) is 0 Å². The van der Waals surface area contributed by atoms with E-state index < -0.39 is 11.6 Å². The molecule has 0 saturated carbocycles. The minimum absolute atomic E-state index is 0.134. The second kappa shape index (κ2) is 6.02. The highest BCUT2D eigenvalue weighted by atomic mass is 79.9. The molecule has 0 bridgehead atoms. The molecule has 1 nitrogen and oxygen atoms in total. The van der Waals surface area contributed by atoms with Crippen molar-refractivity contribution >= 4 is 15.9 Å². The van der Waals surface area contributed by atoms with Crippen LogP contribution < -0.4 is 5.32 Å². The molecule has 0 aliphatic rings. The molecule has 0 saturated heterocycles. The topological polar surface area (TPSA) is 12.0 Å². The zero-order chi connectivity index (χ0) is 14.9. The molecule has 0 radical (unpaired) electrons. The van der Waals surface area contributed by atoms with Crippen LogP contribution in [0.4, 0.5) is 8.78 Å². The fourth-order valence-corrected chi connectivity index (χ4v) is 2.64. The molecule has 0 heterocycles. The average molecular weight is 340 g/mol. The maximum absolute atomic E-state index is 14.1. The van der Waals surface area contributed by atoms with Gasteiger partial charge in [-0.2, -0.15) is 0 Å². The maximum Gasteiger partial charge on any atom is 0.137 e. The lowest BCUT2D eigenvalue weighted by Gasteiger charge is -2.21. The number of benzene rings is 2. The Balaban J connectivity index is 2.58. The quantitative estimate of drug-likeness (QED) is 0.802. The van der Waals surface area contributed by atoms with Crippen molar-refractivity contribution in [2.75, 3.05) is 7.05 Å². The van der Waals surface area contributed by atoms with Crippen molar-refractivity contribution in [3.63, 3.8) is 0 Å². The van der Waals surface area contributed by atoms with Crippen LogP contribution in [0, 0.1) is 25.5 Å². The SMILES string of the molecule is CNC(c1cc(F)c(Br)cc1F)c1cccc(C)c1C. The van der Waals surface area contributed by atoms with Crippen molar-refractivity contribution in [3.05, 3.63) is 68.7 Å². The van der Waals surface area contributed by atoms with Crippen LogP contribution in [0.15, 0.2) is 34.8 Å². The number of nitrogens with one attached hydrogen (secondary N) is 1. The van der Waals surface area contributed by atoms with Crippen LogP contribution in [0.1, 0.15) is 28.3 Å². The molecule has 1 atom stereocenters. The summed E-state index contributed by atoms with van der Waals surface area (Å²) in [5, 5.41) is 3.07. The van der Waals surface area contributed by atoms with E-state index in [1.165, 1.54) is 12.1 Å². The molecule has 0 amide bonds. The minimum Gasteiger partial charge on any atom is -0.309 e. The Kier molecular flexibility index (Phi) is 4.55. The summed E-state index contributed by atoms with van der Waals surface area (Å²) in [6, 6.07) is 7.89. The molecule has 106 valence electrons. The zero-order valence-corrected chi connectivity index (χ0v) is 13.2. The van der Waals surface area contributed by atoms with Gasteiger partial charge in [-0.1, -0.05) is 18.2 Å². The monoisotopic (exact) mass is 339 g/mol. The predicted molar refractivity (Wildman–Crippen MR) is 80.9 cm³/mol. The second-order valence-electron chi connectivity index (χ2n) is 4.80. The zero-order valence-electron chi connectivity index (χ0n) is 11.6. The van der Waals surface area contributed by atoms with Crippen LogP contribution in [-0.4, -0.2) is 7.05 Å². The third-order valence-corrected chi connectivity index (χ3v) is 4.20. The number of aryl methyl sites for hydroxylation is 1. The molecule has 2 rings (SSSR count). The van der Waals surface area contributed by atoms with E-state index in [0.29, 0.717) is 5.56 Å². The first-order chi connectivity index (χ1) is 9.45. The number of rotatable bonds is 3. The van der Waals surface area contributed by atoms with Gasteiger partial charge in [0.1, 0.15) is 11.6 Å². The molecule has 0 fully saturated rings. The molecule has 0 aliphatic carbocycles. The molecule has 2 aromatic carbocycles. The van der Waals surface area contributed by atoms with E-state index in [9.17, 15) is 8.78 Å². The molecular weight excluding hydrogens is 324 g/mol. The summed E-state index contributed by atoms with van der Waals surface area (Å²) in [4.78, 5) is 0. The normalized spacial score (nSPS) is 12.5. The highest BCUT2D eigenvalue weighted by Gasteiger charge is 2.20. The van der Waals surface area contributed by atoms with E-state index in [1.807, 2.05) is 32.0 Å². The van der Waals surface area contributed by atoms with Gasteiger partial charge in [0.05, 0.1) is 10.5 Å². The van der Waals surface area contributed by atoms with Gasteiger partial charge in [0.25, 0.3) is 0 Å². The van der Waals surface area contributed by atoms with E-state index in [1.54, 1.807) is 7.05 Å². The fourth-order valence-electron chi connectivity index (χ4n) is 2.32. The molecule has 0 aromatic heterocycles. The van der Waals surface area contributed by atoms with Crippen LogP contribution in [-0.2, 0) is 0 Å². The Bertz CT molecular complexity index is 641. The molecule has 4 heteroatoms. The summed E-state index contributed by atoms with van der Waals surface area (Å²) in [5.41, 5.74) is 3.46. The summed E-state index contributed by atoms with van der Waals surface area (Å²) in [6.45, 7) is 3.99. The summed E-state index contributed by atoms with van der Waals surface area (Å²) < 4.78 is 28.0. The van der Waals surface area contributed by atoms with Crippen molar-refractivity contribution < 1.29 is 8.78 Å². The van der Waals surface area contributed by atoms with Gasteiger partial charge in [-0.25, -0.2) is 8.78 Å². The van der Waals surface area contributed by atoms with Gasteiger partial charge < -0.3 is 5.32 Å². The third-order valence-electron chi connectivity index (χ3n) is 3.60. The summed E-state index contributed by atoms with van der Waals surface area (Å²) in [6.07, 6.45) is 0. The Labute approximate surface area is 126 Å². The van der Waals surface area contributed by atoms with Crippen molar-refractivity contribution in [2.24, 2.45) is 0 Å². The highest BCUT2D eigenvalue weighted by molar-refractivity contribution is 9.10. The van der Waals surface area contributed by atoms with E-state index in [0.717, 1.165) is 16.7 Å². The lowest BCUT2D eigenvalue weighted by atomic mass is 9.92. The van der Waals surface area contributed by atoms with Crippen molar-refractivity contribution in [2.45, 2.75) is 19.9 Å². The summed E-state index contributed by atoms with van der Waals surface area (Å²) >= 11 is 3.00. The van der Waals surface area contributed by atoms with Crippen LogP contribution in [0.5, 0.6) is 0 Å². The standard InChI is InChI=1S/C16H16BrF2N/c1-9-5-4-6-11(10(9)2)16(20-3)12-7-15(19)13(17)8-14(12)18/h4-8,16,20H,1-3H3. The first kappa shape index (κ1) is 15.1. The van der Waals surface area contributed by atoms with E-state index in [-0.39, 0.29) is 10.5 Å². The maximum atomic E-state index is 14.1. The smallest absolute Gasteiger partial charge is 0.137 e. The van der Waals surface area contributed by atoms with Gasteiger partial charge >= 0.3 is 0 Å². The van der Waals surface area contributed by atoms with Crippen molar-refractivity contribution in [3.8, 4) is 0 Å². The van der Waals surface area contributed by atoms with E-state index in [4.69, 9.17) is 0 Å². The number of hydrogen-bond acceptors (Lipinski definition) is 1. The van der Waals surface area contributed by atoms with Gasteiger partial charge in [-0.3, -0.25) is 0 Å². The molecule has 0 spiro atoms. The predicted octanol–water partition coefficient (Wildman–Crippen LogP) is 4.65. The second-order valence-corrected chi connectivity index (χ2v) is 5.65. The lowest BCUT2D eigenvalue weighted by molar-refractivity contribution is 0.554. The number of halogens is 3. The summed E-state index contributed by atoms with van der Waals surface area (Å²) in [7, 11) is 1.74. The van der Waals surface area contributed by atoms with Gasteiger partial charge in [0, 0.05) is 5.56 Å². The Morgan fingerprint density at radius 3 is 2.40 bits per heavy atom. The fraction of sp³-hybridized carbons (Fsp3) is 0.250. The Morgan fingerprint density at radius 1 is 1.05 bits per heavy atom. The van der Waals surface area contributed by atoms with E-state index >= 15 is 0 Å². The summed E-state index contributed by atoms with van der Waals surface area (Å²) in [5.74, 6) is -0.898. The largest absolute Gasteiger partial charge is 0.309 e. The Hall–Kier alpha value is -1.26. The van der Waals surface area contributed by atoms with Crippen molar-refractivity contribution in [1.29, 1.82) is 0 Å². The van der Waals surface area contributed by atoms with E-state index in [2.05, 4.69) is 21.2 Å². The van der Waals surface area contributed by atoms with Crippen molar-refractivity contribution in [1.82, 2.24) is 5.32 Å². The highest BCUT2D eigenvalue weighted by Crippen LogP contribution is 2.30. The minimum atomic E-state index is -0.466. The first-order valence-electron chi connectivity index (χ1n) is 6.33. The van der Waals surface area contributed by atoms with Crippen LogP contribution in [0.25, 0.3) is 0 Å². The van der Waals surface area contributed by atoms with Crippen LogP contribution in [0.2, 0.25) is 0 Å². The molecule has 1 N–H and O–H groups in total. The molecule has 20 heavy (non-hydrogen) atoms. The molecular formula is C16H16BrF2N. The molecule has 1 unspecified atom stereocenters. The average Bonchev–Trinajstić information content (AvgIpc) is 2.41. The third kappa shape index (κ3) is 2.76. The van der Waals surface area contributed by atoms with Crippen LogP contribution in [0.3, 0.4) is 0 Å². The Morgan fingerprint density at radius 2 is 1.75 bits per heavy atom. The van der Waals surface area contributed by atoms with Gasteiger partial charge in [0.2, 0.25) is 0 Å². The first-order valence-corrected chi connectivity index (χ1v) is 7.12. The lowest BCUT2D eigenvalue weighted by Crippen LogP contribution is -2.20. The number of hydrogen-bond donors (Lipinski definition) is 1. The molecule has 2 aromatic rings. The molecule has 0 aliphatic heterocycles. The van der Waals surface area contributed by atoms with Crippen LogP contribution >= 0.6 is 15.9 Å². The van der Waals surface area contributed by atoms with Gasteiger partial charge in [0.15, 0.2) is 0 Å². The van der Waals surface area contributed by atoms with Gasteiger partial charge in [-0.05, 0) is 65.6 Å².